The van der Waals surface area contributed by atoms with Gasteiger partial charge < -0.3 is 4.74 Å². The topological polar surface area (TPSA) is 43.4 Å². The van der Waals surface area contributed by atoms with Crippen LogP contribution in [0.2, 0.25) is 0 Å². The highest BCUT2D eigenvalue weighted by molar-refractivity contribution is 5.88. The summed E-state index contributed by atoms with van der Waals surface area (Å²) in [4.78, 5) is 22.0. The zero-order chi connectivity index (χ0) is 8.72. The lowest BCUT2D eigenvalue weighted by Crippen LogP contribution is -2.12. The van der Waals surface area contributed by atoms with E-state index in [1.807, 2.05) is 0 Å². The van der Waals surface area contributed by atoms with Gasteiger partial charge in [0.1, 0.15) is 5.78 Å². The van der Waals surface area contributed by atoms with E-state index in [0.29, 0.717) is 37.1 Å². The lowest BCUT2D eigenvalue weighted by atomic mass is 10.1. The van der Waals surface area contributed by atoms with Crippen LogP contribution in [0.15, 0.2) is 0 Å². The number of carbonyl (C=O) groups excluding carboxylic acids is 2. The number of hydrogen-bond acceptors (Lipinski definition) is 3. The van der Waals surface area contributed by atoms with E-state index < -0.39 is 0 Å². The Hall–Kier alpha value is -0.860. The van der Waals surface area contributed by atoms with E-state index in [4.69, 9.17) is 4.74 Å². The molecule has 0 unspecified atom stereocenters. The van der Waals surface area contributed by atoms with Crippen molar-refractivity contribution in [3.63, 3.8) is 0 Å². The number of ketones is 1. The van der Waals surface area contributed by atoms with E-state index in [-0.39, 0.29) is 11.9 Å². The highest BCUT2D eigenvalue weighted by Gasteiger charge is 2.60. The van der Waals surface area contributed by atoms with Crippen molar-refractivity contribution >= 4 is 11.8 Å². The number of fused-ring (bicyclic) bond motifs is 1. The first-order chi connectivity index (χ1) is 5.74. The number of rotatable bonds is 2. The third-order valence-electron chi connectivity index (χ3n) is 2.82. The average molecular weight is 168 g/mol. The lowest BCUT2D eigenvalue weighted by Gasteiger charge is -2.01. The normalized spacial score (nSPS) is 37.8. The molecule has 0 radical (unpaired) electrons. The molecule has 0 heterocycles. The van der Waals surface area contributed by atoms with E-state index in [1.54, 1.807) is 6.92 Å². The van der Waals surface area contributed by atoms with Crippen molar-refractivity contribution in [2.24, 2.45) is 17.8 Å². The minimum atomic E-state index is -0.0972. The molecule has 12 heavy (non-hydrogen) atoms. The van der Waals surface area contributed by atoms with Gasteiger partial charge in [0.2, 0.25) is 0 Å². The number of hydrogen-bond donors (Lipinski definition) is 0. The van der Waals surface area contributed by atoms with Crippen LogP contribution in [0.3, 0.4) is 0 Å². The molecular formula is C9H12O3. The van der Waals surface area contributed by atoms with E-state index in [9.17, 15) is 9.59 Å². The summed E-state index contributed by atoms with van der Waals surface area (Å²) in [6, 6.07) is 0. The summed E-state index contributed by atoms with van der Waals surface area (Å²) in [5.41, 5.74) is 0. The summed E-state index contributed by atoms with van der Waals surface area (Å²) >= 11 is 0. The van der Waals surface area contributed by atoms with Gasteiger partial charge in [-0.05, 0) is 18.8 Å². The van der Waals surface area contributed by atoms with Crippen LogP contribution in [0.5, 0.6) is 0 Å². The molecule has 0 aromatic rings. The molecular weight excluding hydrogens is 156 g/mol. The molecule has 3 heteroatoms. The molecule has 2 aliphatic carbocycles. The predicted octanol–water partition coefficient (Wildman–Crippen LogP) is 0.775. The highest BCUT2D eigenvalue weighted by atomic mass is 16.5. The molecule has 0 N–H and O–H groups in total. The van der Waals surface area contributed by atoms with Gasteiger partial charge in [-0.25, -0.2) is 0 Å². The Labute approximate surface area is 71.1 Å². The fourth-order valence-corrected chi connectivity index (χ4v) is 2.20. The molecule has 0 amide bonds. The molecule has 0 aromatic carbocycles. The fourth-order valence-electron chi connectivity index (χ4n) is 2.20. The molecule has 2 aliphatic rings. The Kier molecular flexibility index (Phi) is 1.67. The largest absolute Gasteiger partial charge is 0.466 e. The summed E-state index contributed by atoms with van der Waals surface area (Å²) < 4.78 is 4.89. The SMILES string of the molecule is CCOC(=O)C1[C@H]2CC(=O)C[C@H]12. The van der Waals surface area contributed by atoms with Crippen LogP contribution in [0.25, 0.3) is 0 Å². The third-order valence-corrected chi connectivity index (χ3v) is 2.82. The maximum atomic E-state index is 11.2. The van der Waals surface area contributed by atoms with Crippen molar-refractivity contribution in [1.29, 1.82) is 0 Å². The minimum Gasteiger partial charge on any atom is -0.466 e. The number of Topliss-reactive ketones (excluding diaryl/α,β-unsaturated/α-hetero) is 1. The Balaban J connectivity index is 1.89. The molecule has 2 fully saturated rings. The number of ether oxygens (including phenoxy) is 1. The van der Waals surface area contributed by atoms with Crippen LogP contribution in [-0.4, -0.2) is 18.4 Å². The number of esters is 1. The second-order valence-corrected chi connectivity index (χ2v) is 3.55. The first-order valence-electron chi connectivity index (χ1n) is 4.42. The Morgan fingerprint density at radius 1 is 1.50 bits per heavy atom. The first-order valence-corrected chi connectivity index (χ1v) is 4.42. The van der Waals surface area contributed by atoms with E-state index in [0.717, 1.165) is 0 Å². The fraction of sp³-hybridized carbons (Fsp3) is 0.778. The summed E-state index contributed by atoms with van der Waals surface area (Å²) in [5.74, 6) is 0.932. The molecule has 2 rings (SSSR count). The van der Waals surface area contributed by atoms with Gasteiger partial charge in [-0.1, -0.05) is 0 Å². The van der Waals surface area contributed by atoms with Crippen molar-refractivity contribution in [2.45, 2.75) is 19.8 Å². The van der Waals surface area contributed by atoms with Gasteiger partial charge in [0, 0.05) is 12.8 Å². The van der Waals surface area contributed by atoms with Gasteiger partial charge >= 0.3 is 5.97 Å². The molecule has 2 saturated carbocycles. The quantitative estimate of drug-likeness (QED) is 0.572. The zero-order valence-corrected chi connectivity index (χ0v) is 7.08. The van der Waals surface area contributed by atoms with Crippen molar-refractivity contribution in [1.82, 2.24) is 0 Å². The predicted molar refractivity (Wildman–Crippen MR) is 41.3 cm³/mol. The summed E-state index contributed by atoms with van der Waals surface area (Å²) in [7, 11) is 0. The van der Waals surface area contributed by atoms with Crippen LogP contribution in [0, 0.1) is 17.8 Å². The summed E-state index contributed by atoms with van der Waals surface area (Å²) in [6.07, 6.45) is 1.21. The van der Waals surface area contributed by atoms with E-state index in [1.165, 1.54) is 0 Å². The van der Waals surface area contributed by atoms with Gasteiger partial charge in [-0.15, -0.1) is 0 Å². The van der Waals surface area contributed by atoms with Crippen LogP contribution >= 0.6 is 0 Å². The average Bonchev–Trinajstić information content (AvgIpc) is 2.51. The Morgan fingerprint density at radius 3 is 2.58 bits per heavy atom. The first kappa shape index (κ1) is 7.77. The summed E-state index contributed by atoms with van der Waals surface area (Å²) in [5, 5.41) is 0. The van der Waals surface area contributed by atoms with Gasteiger partial charge in [-0.3, -0.25) is 9.59 Å². The van der Waals surface area contributed by atoms with Gasteiger partial charge in [0.15, 0.2) is 0 Å². The molecule has 3 nitrogen and oxygen atoms in total. The monoisotopic (exact) mass is 168 g/mol. The van der Waals surface area contributed by atoms with Crippen LogP contribution in [0.4, 0.5) is 0 Å². The minimum absolute atomic E-state index is 0.0580. The van der Waals surface area contributed by atoms with E-state index in [2.05, 4.69) is 0 Å². The maximum Gasteiger partial charge on any atom is 0.309 e. The van der Waals surface area contributed by atoms with Crippen molar-refractivity contribution in [2.75, 3.05) is 6.61 Å². The highest BCUT2D eigenvalue weighted by Crippen LogP contribution is 2.56. The molecule has 0 aromatic heterocycles. The van der Waals surface area contributed by atoms with Gasteiger partial charge in [0.05, 0.1) is 12.5 Å². The standard InChI is InChI=1S/C9H12O3/c1-2-12-9(11)8-6-3-5(10)4-7(6)8/h6-8H,2-4H2,1H3/t6-,7-/m0/s1. The van der Waals surface area contributed by atoms with Crippen molar-refractivity contribution in [3.8, 4) is 0 Å². The second kappa shape index (κ2) is 2.57. The smallest absolute Gasteiger partial charge is 0.309 e. The lowest BCUT2D eigenvalue weighted by molar-refractivity contribution is -0.145. The molecule has 0 aliphatic heterocycles. The maximum absolute atomic E-state index is 11.2. The molecule has 0 spiro atoms. The zero-order valence-electron chi connectivity index (χ0n) is 7.08. The number of carbonyl (C=O) groups is 2. The van der Waals surface area contributed by atoms with E-state index >= 15 is 0 Å². The molecule has 2 atom stereocenters. The van der Waals surface area contributed by atoms with Gasteiger partial charge in [0.25, 0.3) is 0 Å². The summed E-state index contributed by atoms with van der Waals surface area (Å²) in [6.45, 7) is 2.25. The van der Waals surface area contributed by atoms with Crippen LogP contribution < -0.4 is 0 Å². The van der Waals surface area contributed by atoms with Crippen molar-refractivity contribution in [3.05, 3.63) is 0 Å². The Morgan fingerprint density at radius 2 is 2.08 bits per heavy atom. The Bertz CT molecular complexity index is 220. The third kappa shape index (κ3) is 1.04. The van der Waals surface area contributed by atoms with Crippen molar-refractivity contribution < 1.29 is 14.3 Å². The molecule has 0 bridgehead atoms. The van der Waals surface area contributed by atoms with Gasteiger partial charge in [-0.2, -0.15) is 0 Å². The second-order valence-electron chi connectivity index (χ2n) is 3.55. The van der Waals surface area contributed by atoms with Crippen LogP contribution in [0.1, 0.15) is 19.8 Å². The van der Waals surface area contributed by atoms with Crippen LogP contribution in [-0.2, 0) is 14.3 Å². The molecule has 0 saturated heterocycles. The molecule has 66 valence electrons.